The van der Waals surface area contributed by atoms with Crippen molar-refractivity contribution in [3.63, 3.8) is 0 Å². The van der Waals surface area contributed by atoms with E-state index in [9.17, 15) is 0 Å². The van der Waals surface area contributed by atoms with Crippen molar-refractivity contribution in [2.75, 3.05) is 19.8 Å². The minimum Gasteiger partial charge on any atom is -0.382 e. The van der Waals surface area contributed by atoms with Crippen LogP contribution in [-0.2, 0) is 9.47 Å². The van der Waals surface area contributed by atoms with Gasteiger partial charge in [0.25, 0.3) is 0 Å². The van der Waals surface area contributed by atoms with Crippen LogP contribution in [0.4, 0.5) is 0 Å². The molecule has 0 rings (SSSR count). The highest BCUT2D eigenvalue weighted by molar-refractivity contribution is 4.42. The Morgan fingerprint density at radius 2 is 1.67 bits per heavy atom. The first kappa shape index (κ1) is 11.9. The lowest BCUT2D eigenvalue weighted by molar-refractivity contribution is 0.0733. The fourth-order valence-corrected chi connectivity index (χ4v) is 0.946. The first-order valence-electron chi connectivity index (χ1n) is 4.96. The average molecular weight is 174 g/mol. The van der Waals surface area contributed by atoms with E-state index in [2.05, 4.69) is 13.8 Å². The second-order valence-electron chi connectivity index (χ2n) is 3.18. The summed E-state index contributed by atoms with van der Waals surface area (Å²) in [5.74, 6) is 0. The van der Waals surface area contributed by atoms with Crippen LogP contribution in [0.1, 0.15) is 40.0 Å². The van der Waals surface area contributed by atoms with E-state index in [1.807, 2.05) is 6.92 Å². The predicted molar refractivity (Wildman–Crippen MR) is 51.4 cm³/mol. The van der Waals surface area contributed by atoms with E-state index in [4.69, 9.17) is 9.47 Å². The Morgan fingerprint density at radius 3 is 2.25 bits per heavy atom. The lowest BCUT2D eigenvalue weighted by atomic mass is 10.2. The van der Waals surface area contributed by atoms with Crippen LogP contribution in [0.25, 0.3) is 0 Å². The lowest BCUT2D eigenvalue weighted by Crippen LogP contribution is -2.04. The van der Waals surface area contributed by atoms with E-state index in [-0.39, 0.29) is 0 Å². The molecule has 0 atom stereocenters. The van der Waals surface area contributed by atoms with Crippen LogP contribution in [-0.4, -0.2) is 25.9 Å². The first-order chi connectivity index (χ1) is 5.77. The highest BCUT2D eigenvalue weighted by Crippen LogP contribution is 1.98. The summed E-state index contributed by atoms with van der Waals surface area (Å²) in [7, 11) is 0. The van der Waals surface area contributed by atoms with Gasteiger partial charge >= 0.3 is 0 Å². The van der Waals surface area contributed by atoms with Crippen LogP contribution in [0.5, 0.6) is 0 Å². The fourth-order valence-electron chi connectivity index (χ4n) is 0.946. The number of hydrogen-bond donors (Lipinski definition) is 0. The summed E-state index contributed by atoms with van der Waals surface area (Å²) in [5.41, 5.74) is 0. The smallest absolute Gasteiger partial charge is 0.0518 e. The molecule has 74 valence electrons. The maximum absolute atomic E-state index is 5.41. The molecule has 0 radical (unpaired) electrons. The zero-order chi connectivity index (χ0) is 9.23. The number of ether oxygens (including phenoxy) is 2. The van der Waals surface area contributed by atoms with Crippen LogP contribution >= 0.6 is 0 Å². The van der Waals surface area contributed by atoms with Gasteiger partial charge in [0, 0.05) is 19.8 Å². The quantitative estimate of drug-likeness (QED) is 0.527. The van der Waals surface area contributed by atoms with E-state index < -0.39 is 0 Å². The largest absolute Gasteiger partial charge is 0.382 e. The first-order valence-corrected chi connectivity index (χ1v) is 4.96. The molecule has 0 aliphatic carbocycles. The second kappa shape index (κ2) is 9.01. The number of unbranched alkanes of at least 4 members (excludes halogenated alkanes) is 2. The van der Waals surface area contributed by atoms with Gasteiger partial charge in [0.05, 0.1) is 6.10 Å². The van der Waals surface area contributed by atoms with E-state index in [0.717, 1.165) is 32.7 Å². The molecule has 12 heavy (non-hydrogen) atoms. The minimum absolute atomic E-state index is 0.372. The Hall–Kier alpha value is -0.0800. The summed E-state index contributed by atoms with van der Waals surface area (Å²) in [6.45, 7) is 8.80. The summed E-state index contributed by atoms with van der Waals surface area (Å²) in [5, 5.41) is 0. The van der Waals surface area contributed by atoms with E-state index in [1.165, 1.54) is 6.42 Å². The molecular formula is C10H22O2. The molecule has 0 saturated heterocycles. The molecule has 0 unspecified atom stereocenters. The maximum Gasteiger partial charge on any atom is 0.0518 e. The molecule has 0 aliphatic heterocycles. The summed E-state index contributed by atoms with van der Waals surface area (Å²) in [6.07, 6.45) is 3.91. The molecule has 2 nitrogen and oxygen atoms in total. The number of rotatable bonds is 8. The van der Waals surface area contributed by atoms with Gasteiger partial charge in [0.1, 0.15) is 0 Å². The molecule has 0 fully saturated rings. The highest BCUT2D eigenvalue weighted by Gasteiger charge is 1.93. The molecule has 0 spiro atoms. The van der Waals surface area contributed by atoms with Gasteiger partial charge in [-0.15, -0.1) is 0 Å². The van der Waals surface area contributed by atoms with E-state index in [0.29, 0.717) is 6.10 Å². The SMILES string of the molecule is CCOCCCCCOC(C)C. The topological polar surface area (TPSA) is 18.5 Å². The standard InChI is InChI=1S/C10H22O2/c1-4-11-8-6-5-7-9-12-10(2)3/h10H,4-9H2,1-3H3. The van der Waals surface area contributed by atoms with Crippen molar-refractivity contribution in [3.05, 3.63) is 0 Å². The molecule has 0 heterocycles. The molecule has 0 aromatic rings. The fraction of sp³-hybridized carbons (Fsp3) is 1.00. The molecule has 0 aromatic carbocycles. The van der Waals surface area contributed by atoms with Crippen molar-refractivity contribution >= 4 is 0 Å². The Bertz CT molecular complexity index is 81.9. The van der Waals surface area contributed by atoms with Crippen LogP contribution in [0.2, 0.25) is 0 Å². The Labute approximate surface area is 76.3 Å². The average Bonchev–Trinajstić information content (AvgIpc) is 2.02. The third kappa shape index (κ3) is 9.92. The van der Waals surface area contributed by atoms with Crippen molar-refractivity contribution in [1.82, 2.24) is 0 Å². The van der Waals surface area contributed by atoms with Crippen molar-refractivity contribution in [1.29, 1.82) is 0 Å². The minimum atomic E-state index is 0.372. The highest BCUT2D eigenvalue weighted by atomic mass is 16.5. The van der Waals surface area contributed by atoms with Gasteiger partial charge < -0.3 is 9.47 Å². The summed E-state index contributed by atoms with van der Waals surface area (Å²) in [6, 6.07) is 0. The Kier molecular flexibility index (Phi) is 8.95. The van der Waals surface area contributed by atoms with Crippen molar-refractivity contribution in [2.45, 2.75) is 46.1 Å². The van der Waals surface area contributed by atoms with Crippen LogP contribution in [0.15, 0.2) is 0 Å². The van der Waals surface area contributed by atoms with E-state index in [1.54, 1.807) is 0 Å². The molecule has 0 saturated carbocycles. The zero-order valence-corrected chi connectivity index (χ0v) is 8.64. The summed E-state index contributed by atoms with van der Waals surface area (Å²) in [4.78, 5) is 0. The van der Waals surface area contributed by atoms with E-state index >= 15 is 0 Å². The molecule has 0 bridgehead atoms. The summed E-state index contributed by atoms with van der Waals surface area (Å²) < 4.78 is 10.6. The number of hydrogen-bond acceptors (Lipinski definition) is 2. The van der Waals surface area contributed by atoms with Gasteiger partial charge in [-0.25, -0.2) is 0 Å². The third-order valence-corrected chi connectivity index (χ3v) is 1.59. The van der Waals surface area contributed by atoms with Gasteiger partial charge in [-0.05, 0) is 40.0 Å². The monoisotopic (exact) mass is 174 g/mol. The van der Waals surface area contributed by atoms with Gasteiger partial charge in [-0.3, -0.25) is 0 Å². The van der Waals surface area contributed by atoms with Gasteiger partial charge in [0.2, 0.25) is 0 Å². The molecule has 0 aliphatic rings. The molecule has 2 heteroatoms. The Morgan fingerprint density at radius 1 is 1.00 bits per heavy atom. The van der Waals surface area contributed by atoms with Crippen LogP contribution in [0, 0.1) is 0 Å². The summed E-state index contributed by atoms with van der Waals surface area (Å²) >= 11 is 0. The van der Waals surface area contributed by atoms with Crippen LogP contribution < -0.4 is 0 Å². The van der Waals surface area contributed by atoms with Gasteiger partial charge in [-0.1, -0.05) is 0 Å². The van der Waals surface area contributed by atoms with Gasteiger partial charge in [0.15, 0.2) is 0 Å². The Balaban J connectivity index is 2.82. The molecular weight excluding hydrogens is 152 g/mol. The van der Waals surface area contributed by atoms with Gasteiger partial charge in [-0.2, -0.15) is 0 Å². The maximum atomic E-state index is 5.41. The third-order valence-electron chi connectivity index (χ3n) is 1.59. The van der Waals surface area contributed by atoms with Crippen LogP contribution in [0.3, 0.4) is 0 Å². The zero-order valence-electron chi connectivity index (χ0n) is 8.64. The second-order valence-corrected chi connectivity index (χ2v) is 3.18. The molecule has 0 amide bonds. The molecule has 0 aromatic heterocycles. The predicted octanol–water partition coefficient (Wildman–Crippen LogP) is 2.62. The van der Waals surface area contributed by atoms with Crippen molar-refractivity contribution in [2.24, 2.45) is 0 Å². The van der Waals surface area contributed by atoms with Crippen molar-refractivity contribution in [3.8, 4) is 0 Å². The molecule has 0 N–H and O–H groups in total. The lowest BCUT2D eigenvalue weighted by Gasteiger charge is -2.06. The van der Waals surface area contributed by atoms with Crippen molar-refractivity contribution < 1.29 is 9.47 Å². The normalized spacial score (nSPS) is 11.0.